The molecule has 0 atom stereocenters. The maximum absolute atomic E-state index is 12.4. The van der Waals surface area contributed by atoms with Crippen LogP contribution in [0.3, 0.4) is 0 Å². The van der Waals surface area contributed by atoms with E-state index in [0.717, 1.165) is 62.5 Å². The SMILES string of the molecule is CCN(CC)C(=O)c1ccc(NC2CCN(Cc3ccccn3)CC2)cc1. The van der Waals surface area contributed by atoms with Crippen LogP contribution in [-0.2, 0) is 6.54 Å². The molecule has 0 spiro atoms. The Morgan fingerprint density at radius 1 is 1.11 bits per heavy atom. The summed E-state index contributed by atoms with van der Waals surface area (Å²) in [5.41, 5.74) is 2.99. The number of carbonyl (C=O) groups is 1. The van der Waals surface area contributed by atoms with Gasteiger partial charge < -0.3 is 10.2 Å². The third kappa shape index (κ3) is 5.30. The fourth-order valence-corrected chi connectivity index (χ4v) is 3.59. The fraction of sp³-hybridized carbons (Fsp3) is 0.455. The molecule has 5 nitrogen and oxygen atoms in total. The Balaban J connectivity index is 1.48. The molecule has 1 amide bonds. The molecular formula is C22H30N4O. The predicted octanol–water partition coefficient (Wildman–Crippen LogP) is 3.64. The van der Waals surface area contributed by atoms with Crippen molar-refractivity contribution in [3.63, 3.8) is 0 Å². The van der Waals surface area contributed by atoms with E-state index in [-0.39, 0.29) is 5.91 Å². The van der Waals surface area contributed by atoms with E-state index >= 15 is 0 Å². The van der Waals surface area contributed by atoms with Crippen molar-refractivity contribution < 1.29 is 4.79 Å². The third-order valence-corrected chi connectivity index (χ3v) is 5.25. The summed E-state index contributed by atoms with van der Waals surface area (Å²) < 4.78 is 0. The second kappa shape index (κ2) is 9.51. The zero-order valence-electron chi connectivity index (χ0n) is 16.4. The monoisotopic (exact) mass is 366 g/mol. The summed E-state index contributed by atoms with van der Waals surface area (Å²) >= 11 is 0. The van der Waals surface area contributed by atoms with Gasteiger partial charge in [0.25, 0.3) is 5.91 Å². The standard InChI is InChI=1S/C22H30N4O/c1-3-26(4-2)22(27)18-8-10-19(11-9-18)24-20-12-15-25(16-13-20)17-21-7-5-6-14-23-21/h5-11,14,20,24H,3-4,12-13,15-17H2,1-2H3. The van der Waals surface area contributed by atoms with E-state index in [9.17, 15) is 4.79 Å². The van der Waals surface area contributed by atoms with Crippen LogP contribution in [0.1, 0.15) is 42.7 Å². The second-order valence-corrected chi connectivity index (χ2v) is 7.07. The molecule has 27 heavy (non-hydrogen) atoms. The number of piperidine rings is 1. The van der Waals surface area contributed by atoms with Gasteiger partial charge in [0.2, 0.25) is 0 Å². The molecule has 5 heteroatoms. The molecule has 144 valence electrons. The van der Waals surface area contributed by atoms with Gasteiger partial charge in [0.15, 0.2) is 0 Å². The number of carbonyl (C=O) groups excluding carboxylic acids is 1. The number of pyridine rings is 1. The van der Waals surface area contributed by atoms with Gasteiger partial charge in [0.05, 0.1) is 5.69 Å². The first-order valence-corrected chi connectivity index (χ1v) is 9.97. The highest BCUT2D eigenvalue weighted by Gasteiger charge is 2.19. The van der Waals surface area contributed by atoms with Crippen LogP contribution in [0.15, 0.2) is 48.7 Å². The van der Waals surface area contributed by atoms with Gasteiger partial charge in [0.1, 0.15) is 0 Å². The molecule has 2 aromatic rings. The molecule has 3 rings (SSSR count). The van der Waals surface area contributed by atoms with Crippen LogP contribution in [0.25, 0.3) is 0 Å². The molecular weight excluding hydrogens is 336 g/mol. The number of likely N-dealkylation sites (tertiary alicyclic amines) is 1. The number of amides is 1. The molecule has 1 aliphatic rings. The van der Waals surface area contributed by atoms with Crippen molar-refractivity contribution in [2.24, 2.45) is 0 Å². The van der Waals surface area contributed by atoms with Crippen molar-refractivity contribution in [2.75, 3.05) is 31.5 Å². The number of nitrogens with one attached hydrogen (secondary N) is 1. The van der Waals surface area contributed by atoms with Gasteiger partial charge in [-0.2, -0.15) is 0 Å². The van der Waals surface area contributed by atoms with Crippen LogP contribution in [0.4, 0.5) is 5.69 Å². The molecule has 1 aromatic heterocycles. The largest absolute Gasteiger partial charge is 0.382 e. The van der Waals surface area contributed by atoms with Crippen LogP contribution in [0, 0.1) is 0 Å². The Kier molecular flexibility index (Phi) is 6.82. The Hall–Kier alpha value is -2.40. The van der Waals surface area contributed by atoms with Crippen LogP contribution < -0.4 is 5.32 Å². The summed E-state index contributed by atoms with van der Waals surface area (Å²) in [5, 5.41) is 3.62. The van der Waals surface area contributed by atoms with Crippen LogP contribution in [0.5, 0.6) is 0 Å². The number of aromatic nitrogens is 1. The lowest BCUT2D eigenvalue weighted by molar-refractivity contribution is 0.0773. The molecule has 1 fully saturated rings. The first kappa shape index (κ1) is 19.4. The van der Waals surface area contributed by atoms with Crippen LogP contribution in [-0.4, -0.2) is 52.9 Å². The number of nitrogens with zero attached hydrogens (tertiary/aromatic N) is 3. The summed E-state index contributed by atoms with van der Waals surface area (Å²) in [6.07, 6.45) is 4.10. The van der Waals surface area contributed by atoms with E-state index in [1.165, 1.54) is 0 Å². The lowest BCUT2D eigenvalue weighted by Gasteiger charge is -2.32. The lowest BCUT2D eigenvalue weighted by atomic mass is 10.0. The minimum absolute atomic E-state index is 0.106. The van der Waals surface area contributed by atoms with E-state index in [0.29, 0.717) is 6.04 Å². The number of hydrogen-bond acceptors (Lipinski definition) is 4. The average Bonchev–Trinajstić information content (AvgIpc) is 2.72. The topological polar surface area (TPSA) is 48.5 Å². The van der Waals surface area contributed by atoms with Crippen molar-refractivity contribution >= 4 is 11.6 Å². The van der Waals surface area contributed by atoms with Gasteiger partial charge in [-0.3, -0.25) is 14.7 Å². The summed E-state index contributed by atoms with van der Waals surface area (Å²) in [4.78, 5) is 21.1. The highest BCUT2D eigenvalue weighted by molar-refractivity contribution is 5.94. The molecule has 0 saturated carbocycles. The average molecular weight is 367 g/mol. The highest BCUT2D eigenvalue weighted by Crippen LogP contribution is 2.19. The van der Waals surface area contributed by atoms with Gasteiger partial charge in [-0.1, -0.05) is 6.07 Å². The predicted molar refractivity (Wildman–Crippen MR) is 110 cm³/mol. The second-order valence-electron chi connectivity index (χ2n) is 7.07. The van der Waals surface area contributed by atoms with Gasteiger partial charge in [-0.15, -0.1) is 0 Å². The Morgan fingerprint density at radius 3 is 2.41 bits per heavy atom. The first-order valence-electron chi connectivity index (χ1n) is 9.97. The number of hydrogen-bond donors (Lipinski definition) is 1. The molecule has 0 unspecified atom stereocenters. The molecule has 0 aliphatic carbocycles. The minimum Gasteiger partial charge on any atom is -0.382 e. The van der Waals surface area contributed by atoms with E-state index in [2.05, 4.69) is 21.3 Å². The van der Waals surface area contributed by atoms with Gasteiger partial charge in [-0.05, 0) is 63.1 Å². The van der Waals surface area contributed by atoms with E-state index < -0.39 is 0 Å². The fourth-order valence-electron chi connectivity index (χ4n) is 3.59. The molecule has 1 N–H and O–H groups in total. The molecule has 2 heterocycles. The van der Waals surface area contributed by atoms with E-state index in [1.54, 1.807) is 0 Å². The molecule has 1 saturated heterocycles. The van der Waals surface area contributed by atoms with E-state index in [1.807, 2.05) is 61.3 Å². The summed E-state index contributed by atoms with van der Waals surface area (Å²) in [6, 6.07) is 14.5. The number of benzene rings is 1. The summed E-state index contributed by atoms with van der Waals surface area (Å²) in [5.74, 6) is 0.106. The van der Waals surface area contributed by atoms with Gasteiger partial charge >= 0.3 is 0 Å². The van der Waals surface area contributed by atoms with Crippen LogP contribution >= 0.6 is 0 Å². The Morgan fingerprint density at radius 2 is 1.81 bits per heavy atom. The van der Waals surface area contributed by atoms with Crippen molar-refractivity contribution in [3.05, 3.63) is 59.9 Å². The molecule has 0 radical (unpaired) electrons. The molecule has 1 aromatic carbocycles. The zero-order valence-corrected chi connectivity index (χ0v) is 16.4. The highest BCUT2D eigenvalue weighted by atomic mass is 16.2. The van der Waals surface area contributed by atoms with Crippen molar-refractivity contribution in [2.45, 2.75) is 39.3 Å². The maximum atomic E-state index is 12.4. The Labute approximate surface area is 162 Å². The zero-order chi connectivity index (χ0) is 19.1. The smallest absolute Gasteiger partial charge is 0.253 e. The molecule has 1 aliphatic heterocycles. The third-order valence-electron chi connectivity index (χ3n) is 5.25. The minimum atomic E-state index is 0.106. The lowest BCUT2D eigenvalue weighted by Crippen LogP contribution is -2.38. The normalized spacial score (nSPS) is 15.5. The first-order chi connectivity index (χ1) is 13.2. The van der Waals surface area contributed by atoms with Gasteiger partial charge in [0, 0.05) is 56.2 Å². The number of anilines is 1. The van der Waals surface area contributed by atoms with Crippen molar-refractivity contribution in [1.29, 1.82) is 0 Å². The van der Waals surface area contributed by atoms with Crippen LogP contribution in [0.2, 0.25) is 0 Å². The quantitative estimate of drug-likeness (QED) is 0.813. The van der Waals surface area contributed by atoms with Crippen molar-refractivity contribution in [3.8, 4) is 0 Å². The summed E-state index contributed by atoms with van der Waals surface area (Å²) in [6.45, 7) is 8.59. The van der Waals surface area contributed by atoms with Gasteiger partial charge in [-0.25, -0.2) is 0 Å². The number of rotatable bonds is 7. The molecule has 0 bridgehead atoms. The summed E-state index contributed by atoms with van der Waals surface area (Å²) in [7, 11) is 0. The Bertz CT molecular complexity index is 705. The maximum Gasteiger partial charge on any atom is 0.253 e. The van der Waals surface area contributed by atoms with E-state index in [4.69, 9.17) is 0 Å². The van der Waals surface area contributed by atoms with Crippen molar-refractivity contribution in [1.82, 2.24) is 14.8 Å².